The van der Waals surface area contributed by atoms with E-state index in [1.54, 1.807) is 25.2 Å². The van der Waals surface area contributed by atoms with Gasteiger partial charge in [0.1, 0.15) is 5.82 Å². The average molecular weight is 168 g/mol. The fourth-order valence-corrected chi connectivity index (χ4v) is 1.16. The van der Waals surface area contributed by atoms with Crippen LogP contribution in [0.1, 0.15) is 11.6 Å². The molecule has 0 amide bonds. The first-order valence-electron chi connectivity index (χ1n) is 3.91. The number of halogens is 1. The number of nitrogens with two attached hydrogens (primary N) is 1. The number of likely N-dealkylation sites (N-methyl/N-ethyl adjacent to an activating group) is 1. The van der Waals surface area contributed by atoms with E-state index in [-0.39, 0.29) is 11.9 Å². The van der Waals surface area contributed by atoms with E-state index in [1.807, 2.05) is 0 Å². The van der Waals surface area contributed by atoms with Crippen LogP contribution >= 0.6 is 0 Å². The van der Waals surface area contributed by atoms with Gasteiger partial charge in [-0.3, -0.25) is 0 Å². The summed E-state index contributed by atoms with van der Waals surface area (Å²) < 4.78 is 13.1. The first kappa shape index (κ1) is 9.16. The van der Waals surface area contributed by atoms with Gasteiger partial charge in [-0.15, -0.1) is 0 Å². The zero-order valence-electron chi connectivity index (χ0n) is 7.05. The van der Waals surface area contributed by atoms with Crippen LogP contribution in [0.15, 0.2) is 24.3 Å². The average Bonchev–Trinajstić information content (AvgIpc) is 2.10. The molecule has 12 heavy (non-hydrogen) atoms. The second-order valence-electron chi connectivity index (χ2n) is 2.60. The molecular weight excluding hydrogens is 155 g/mol. The van der Waals surface area contributed by atoms with Crippen LogP contribution in [0.25, 0.3) is 0 Å². The van der Waals surface area contributed by atoms with Crippen LogP contribution in [-0.2, 0) is 0 Å². The number of hydrogen-bond donors (Lipinski definition) is 2. The number of nitrogens with one attached hydrogen (secondary N) is 1. The van der Waals surface area contributed by atoms with Gasteiger partial charge < -0.3 is 11.1 Å². The Morgan fingerprint density at radius 3 is 2.67 bits per heavy atom. The Bertz CT molecular complexity index is 246. The summed E-state index contributed by atoms with van der Waals surface area (Å²) in [5.41, 5.74) is 6.08. The summed E-state index contributed by atoms with van der Waals surface area (Å²) in [4.78, 5) is 0. The molecule has 0 unspecified atom stereocenters. The van der Waals surface area contributed by atoms with E-state index in [0.717, 1.165) is 0 Å². The molecule has 1 atom stereocenters. The third-order valence-corrected chi connectivity index (χ3v) is 1.86. The Labute approximate surface area is 71.6 Å². The molecule has 0 aromatic heterocycles. The lowest BCUT2D eigenvalue weighted by Crippen LogP contribution is -2.25. The lowest BCUT2D eigenvalue weighted by atomic mass is 10.1. The maximum atomic E-state index is 13.1. The Morgan fingerprint density at radius 1 is 1.50 bits per heavy atom. The highest BCUT2D eigenvalue weighted by atomic mass is 19.1. The second kappa shape index (κ2) is 4.18. The van der Waals surface area contributed by atoms with E-state index in [2.05, 4.69) is 5.32 Å². The zero-order chi connectivity index (χ0) is 8.97. The number of rotatable bonds is 3. The molecule has 2 nitrogen and oxygen atoms in total. The minimum Gasteiger partial charge on any atom is -0.329 e. The smallest absolute Gasteiger partial charge is 0.128 e. The van der Waals surface area contributed by atoms with Crippen molar-refractivity contribution in [2.24, 2.45) is 5.73 Å². The van der Waals surface area contributed by atoms with E-state index in [4.69, 9.17) is 5.73 Å². The highest BCUT2D eigenvalue weighted by molar-refractivity contribution is 5.21. The summed E-state index contributed by atoms with van der Waals surface area (Å²) in [7, 11) is 1.77. The van der Waals surface area contributed by atoms with Gasteiger partial charge in [0.05, 0.1) is 0 Å². The fraction of sp³-hybridized carbons (Fsp3) is 0.333. The Morgan fingerprint density at radius 2 is 2.17 bits per heavy atom. The van der Waals surface area contributed by atoms with Crippen molar-refractivity contribution in [3.8, 4) is 0 Å². The van der Waals surface area contributed by atoms with Gasteiger partial charge in [-0.25, -0.2) is 4.39 Å². The quantitative estimate of drug-likeness (QED) is 0.707. The van der Waals surface area contributed by atoms with Gasteiger partial charge in [-0.2, -0.15) is 0 Å². The summed E-state index contributed by atoms with van der Waals surface area (Å²) in [5, 5.41) is 2.94. The maximum Gasteiger partial charge on any atom is 0.128 e. The van der Waals surface area contributed by atoms with Gasteiger partial charge in [0, 0.05) is 18.2 Å². The highest BCUT2D eigenvalue weighted by Gasteiger charge is 2.10. The van der Waals surface area contributed by atoms with Crippen LogP contribution in [0.4, 0.5) is 4.39 Å². The molecule has 0 spiro atoms. The van der Waals surface area contributed by atoms with Crippen molar-refractivity contribution in [3.05, 3.63) is 35.6 Å². The van der Waals surface area contributed by atoms with Gasteiger partial charge in [0.2, 0.25) is 0 Å². The largest absolute Gasteiger partial charge is 0.329 e. The molecule has 0 fully saturated rings. The van der Waals surface area contributed by atoms with Gasteiger partial charge in [0.15, 0.2) is 0 Å². The molecule has 0 saturated heterocycles. The summed E-state index contributed by atoms with van der Waals surface area (Å²) in [6.07, 6.45) is 0. The molecule has 0 aliphatic heterocycles. The summed E-state index contributed by atoms with van der Waals surface area (Å²) in [5.74, 6) is -0.206. The van der Waals surface area contributed by atoms with Crippen LogP contribution in [0, 0.1) is 5.82 Å². The third-order valence-electron chi connectivity index (χ3n) is 1.86. The van der Waals surface area contributed by atoms with Crippen LogP contribution in [0.2, 0.25) is 0 Å². The van der Waals surface area contributed by atoms with Crippen molar-refractivity contribution in [2.45, 2.75) is 6.04 Å². The van der Waals surface area contributed by atoms with Gasteiger partial charge >= 0.3 is 0 Å². The minimum absolute atomic E-state index is 0.0915. The SMILES string of the molecule is CN[C@@H](CN)c1ccccc1F. The molecule has 66 valence electrons. The monoisotopic (exact) mass is 168 g/mol. The second-order valence-corrected chi connectivity index (χ2v) is 2.60. The molecule has 1 aromatic rings. The molecular formula is C9H13FN2. The van der Waals surface area contributed by atoms with Crippen molar-refractivity contribution in [2.75, 3.05) is 13.6 Å². The first-order chi connectivity index (χ1) is 5.79. The molecule has 1 aromatic carbocycles. The van der Waals surface area contributed by atoms with E-state index in [0.29, 0.717) is 12.1 Å². The Kier molecular flexibility index (Phi) is 3.19. The van der Waals surface area contributed by atoms with Crippen molar-refractivity contribution in [1.82, 2.24) is 5.32 Å². The Hall–Kier alpha value is -0.930. The summed E-state index contributed by atoms with van der Waals surface area (Å²) in [6.45, 7) is 0.400. The summed E-state index contributed by atoms with van der Waals surface area (Å²) >= 11 is 0. The van der Waals surface area contributed by atoms with E-state index in [1.165, 1.54) is 6.07 Å². The van der Waals surface area contributed by atoms with Gasteiger partial charge in [0.25, 0.3) is 0 Å². The van der Waals surface area contributed by atoms with Crippen molar-refractivity contribution >= 4 is 0 Å². The van der Waals surface area contributed by atoms with Crippen LogP contribution in [-0.4, -0.2) is 13.6 Å². The predicted molar refractivity (Wildman–Crippen MR) is 47.3 cm³/mol. The molecule has 0 saturated carbocycles. The molecule has 3 heteroatoms. The Balaban J connectivity index is 2.92. The molecule has 0 radical (unpaired) electrons. The van der Waals surface area contributed by atoms with Crippen molar-refractivity contribution in [3.63, 3.8) is 0 Å². The molecule has 1 rings (SSSR count). The normalized spacial score (nSPS) is 12.9. The molecule has 3 N–H and O–H groups in total. The maximum absolute atomic E-state index is 13.1. The topological polar surface area (TPSA) is 38.0 Å². The van der Waals surface area contributed by atoms with Crippen LogP contribution in [0.3, 0.4) is 0 Å². The van der Waals surface area contributed by atoms with Crippen LogP contribution < -0.4 is 11.1 Å². The summed E-state index contributed by atoms with van der Waals surface area (Å²) in [6, 6.07) is 6.56. The molecule has 0 aliphatic carbocycles. The number of benzene rings is 1. The molecule has 0 heterocycles. The molecule has 0 aliphatic rings. The minimum atomic E-state index is -0.206. The lowest BCUT2D eigenvalue weighted by molar-refractivity contribution is 0.542. The van der Waals surface area contributed by atoms with E-state index < -0.39 is 0 Å². The van der Waals surface area contributed by atoms with Crippen molar-refractivity contribution < 1.29 is 4.39 Å². The fourth-order valence-electron chi connectivity index (χ4n) is 1.16. The lowest BCUT2D eigenvalue weighted by Gasteiger charge is -2.14. The van der Waals surface area contributed by atoms with Gasteiger partial charge in [-0.1, -0.05) is 18.2 Å². The van der Waals surface area contributed by atoms with E-state index >= 15 is 0 Å². The standard InChI is InChI=1S/C9H13FN2/c1-12-9(6-11)7-4-2-3-5-8(7)10/h2-5,9,12H,6,11H2,1H3/t9-/m0/s1. The first-order valence-corrected chi connectivity index (χ1v) is 3.91. The van der Waals surface area contributed by atoms with Crippen molar-refractivity contribution in [1.29, 1.82) is 0 Å². The van der Waals surface area contributed by atoms with E-state index in [9.17, 15) is 4.39 Å². The highest BCUT2D eigenvalue weighted by Crippen LogP contribution is 2.14. The molecule has 0 bridgehead atoms. The number of hydrogen-bond acceptors (Lipinski definition) is 2. The zero-order valence-corrected chi connectivity index (χ0v) is 7.05. The van der Waals surface area contributed by atoms with Gasteiger partial charge in [-0.05, 0) is 13.1 Å². The van der Waals surface area contributed by atoms with Crippen LogP contribution in [0.5, 0.6) is 0 Å². The third kappa shape index (κ3) is 1.81. The predicted octanol–water partition coefficient (Wildman–Crippen LogP) is 1.04.